The molecule has 2 aliphatic carbocycles. The van der Waals surface area contributed by atoms with Gasteiger partial charge in [-0.15, -0.1) is 0 Å². The summed E-state index contributed by atoms with van der Waals surface area (Å²) in [6.07, 6.45) is 10.6. The zero-order chi connectivity index (χ0) is 48.6. The van der Waals surface area contributed by atoms with Crippen LogP contribution in [0, 0.1) is 15.1 Å². The quantitative estimate of drug-likeness (QED) is 0.152. The van der Waals surface area contributed by atoms with E-state index in [0.29, 0.717) is 11.8 Å². The predicted molar refractivity (Wildman–Crippen MR) is 290 cm³/mol. The second-order valence-corrected chi connectivity index (χ2v) is 23.3. The van der Waals surface area contributed by atoms with Gasteiger partial charge in [-0.1, -0.05) is 46.1 Å². The summed E-state index contributed by atoms with van der Waals surface area (Å²) in [7, 11) is 0. The van der Waals surface area contributed by atoms with E-state index in [1.165, 1.54) is 98.6 Å². The summed E-state index contributed by atoms with van der Waals surface area (Å²) in [6, 6.07) is 60.3. The average molecular weight is 1110 g/mol. The van der Waals surface area contributed by atoms with Crippen LogP contribution in [0.2, 0.25) is 0 Å². The van der Waals surface area contributed by atoms with Crippen LogP contribution in [0.5, 0.6) is 11.5 Å². The van der Waals surface area contributed by atoms with Gasteiger partial charge in [-0.3, -0.25) is 0 Å². The van der Waals surface area contributed by atoms with E-state index in [4.69, 9.17) is 9.72 Å². The molecule has 358 valence electrons. The first-order valence-corrected chi connectivity index (χ1v) is 26.8. The van der Waals surface area contributed by atoms with Crippen molar-refractivity contribution >= 4 is 32.8 Å². The van der Waals surface area contributed by atoms with Crippen LogP contribution in [0.3, 0.4) is 0 Å². The molecule has 0 spiro atoms. The number of hydrogen-bond donors (Lipinski definition) is 0. The molecule has 6 heteroatoms. The van der Waals surface area contributed by atoms with Gasteiger partial charge in [0.05, 0.1) is 0 Å². The average Bonchev–Trinajstić information content (AvgIpc) is 4.06. The Morgan fingerprint density at radius 3 is 2.00 bits per heavy atom. The van der Waals surface area contributed by atoms with Crippen molar-refractivity contribution in [3.8, 4) is 50.9 Å². The number of nitrogens with zero attached hydrogens (tertiary/aromatic N) is 4. The Morgan fingerprint density at radius 2 is 1.27 bits per heavy atom. The van der Waals surface area contributed by atoms with Crippen LogP contribution in [-0.2, 0) is 37.6 Å². The topological polar surface area (TPSA) is 36.9 Å². The maximum atomic E-state index is 6.96. The van der Waals surface area contributed by atoms with Gasteiger partial charge >= 0.3 is 338 Å². The maximum absolute atomic E-state index is 6.96. The molecule has 3 heterocycles. The Morgan fingerprint density at radius 1 is 0.563 bits per heavy atom. The van der Waals surface area contributed by atoms with Crippen molar-refractivity contribution in [2.75, 3.05) is 0 Å². The minimum atomic E-state index is -0.0166. The van der Waals surface area contributed by atoms with Gasteiger partial charge in [0.25, 0.3) is 0 Å². The van der Waals surface area contributed by atoms with Crippen LogP contribution < -0.4 is 4.74 Å². The minimum absolute atomic E-state index is 0.0166. The molecule has 7 aromatic carbocycles. The molecule has 0 saturated heterocycles. The van der Waals surface area contributed by atoms with Crippen molar-refractivity contribution in [1.82, 2.24) is 18.7 Å². The summed E-state index contributed by atoms with van der Waals surface area (Å²) in [4.78, 5) is 5.02. The van der Waals surface area contributed by atoms with Crippen LogP contribution in [0.15, 0.2) is 170 Å². The van der Waals surface area contributed by atoms with Gasteiger partial charge in [0.15, 0.2) is 0 Å². The number of benzene rings is 7. The van der Waals surface area contributed by atoms with Gasteiger partial charge in [0.1, 0.15) is 0 Å². The number of pyridine rings is 1. The molecule has 1 saturated carbocycles. The monoisotopic (exact) mass is 1110 g/mol. The molecule has 71 heavy (non-hydrogen) atoms. The second kappa shape index (κ2) is 17.9. The Labute approximate surface area is 429 Å². The summed E-state index contributed by atoms with van der Waals surface area (Å²) in [6.45, 7) is 14.0. The molecule has 1 fully saturated rings. The molecule has 0 amide bonds. The van der Waals surface area contributed by atoms with Gasteiger partial charge < -0.3 is 0 Å². The molecular weight excluding hydrogens is 1050 g/mol. The summed E-state index contributed by atoms with van der Waals surface area (Å²) in [5, 5.41) is 2.48. The summed E-state index contributed by atoms with van der Waals surface area (Å²) in [5.41, 5.74) is 17.7. The van der Waals surface area contributed by atoms with Gasteiger partial charge in [-0.25, -0.2) is 0 Å². The molecule has 1 atom stereocenters. The number of rotatable bonds is 8. The van der Waals surface area contributed by atoms with E-state index in [0.717, 1.165) is 56.2 Å². The molecule has 0 aliphatic heterocycles. The molecule has 10 aromatic rings. The van der Waals surface area contributed by atoms with E-state index in [1.807, 2.05) is 6.20 Å². The Bertz CT molecular complexity index is 3710. The van der Waals surface area contributed by atoms with E-state index in [9.17, 15) is 0 Å². The van der Waals surface area contributed by atoms with Crippen LogP contribution in [0.1, 0.15) is 102 Å². The Kier molecular flexibility index (Phi) is 11.5. The first-order valence-electron chi connectivity index (χ1n) is 25.7. The number of ether oxygens (including phenoxy) is 1. The zero-order valence-electron chi connectivity index (χ0n) is 41.8. The fraction of sp³-hybridized carbons (Fsp3) is 0.262. The molecule has 0 radical (unpaired) electrons. The second-order valence-electron chi connectivity index (χ2n) is 22.3. The first-order chi connectivity index (χ1) is 34.4. The summed E-state index contributed by atoms with van der Waals surface area (Å²) >= 11 is 2.57. The molecule has 12 rings (SSSR count). The van der Waals surface area contributed by atoms with E-state index in [2.05, 4.69) is 238 Å². The fourth-order valence-electron chi connectivity index (χ4n) is 11.8. The molecule has 2 aliphatic rings. The van der Waals surface area contributed by atoms with E-state index >= 15 is 0 Å². The third-order valence-electron chi connectivity index (χ3n) is 15.7. The molecule has 0 bridgehead atoms. The number of hydrogen-bond acceptors (Lipinski definition) is 2. The van der Waals surface area contributed by atoms with Gasteiger partial charge in [-0.05, 0) is 41.4 Å². The van der Waals surface area contributed by atoms with Crippen LogP contribution >= 0.6 is 0 Å². The van der Waals surface area contributed by atoms with Crippen molar-refractivity contribution in [2.24, 2.45) is 11.3 Å². The van der Waals surface area contributed by atoms with Gasteiger partial charge in [0, 0.05) is 6.20 Å². The normalized spacial score (nSPS) is 15.5. The Balaban J connectivity index is 1.00. The van der Waals surface area contributed by atoms with E-state index in [-0.39, 0.29) is 10.8 Å². The number of imidazole rings is 1. The van der Waals surface area contributed by atoms with Crippen LogP contribution in [0.25, 0.3) is 72.3 Å². The fourth-order valence-corrected chi connectivity index (χ4v) is 12.9. The number of fused-ring (bicyclic) bond motifs is 5. The zero-order valence-corrected chi connectivity index (χ0v) is 44.1. The number of para-hydroxylation sites is 2. The number of aromatic nitrogens is 4. The van der Waals surface area contributed by atoms with Gasteiger partial charge in [-0.2, -0.15) is 0 Å². The van der Waals surface area contributed by atoms with E-state index in [1.54, 1.807) is 0 Å². The first kappa shape index (κ1) is 45.6. The standard InChI is InChI=1S/C65H62N4O.Pt/c1-64(2,3)48-33-34-66-61(39-48)69-57-32-29-46(43-19-10-7-11-20-43)36-56(57)53-31-30-52(41-60(53)69)70-51-26-18-25-50(40-51)67-42-68(59-28-17-16-27-58(59)67)63-55(44-21-12-8-13-22-44)37-47-35-49(65(4,5)6)38-54(47)62(63)45-23-14-9-15-24-45;/h8-9,12-18,21-34,36-37,39-41,43,49H,7,10-11,19-20,35,38H2,1-6H3;. The van der Waals surface area contributed by atoms with Crippen molar-refractivity contribution in [3.63, 3.8) is 0 Å². The molecular formula is C65H62N4OPt. The summed E-state index contributed by atoms with van der Waals surface area (Å²) in [5.74, 6) is 3.65. The van der Waals surface area contributed by atoms with Gasteiger partial charge in [0.2, 0.25) is 0 Å². The van der Waals surface area contributed by atoms with E-state index < -0.39 is 0 Å². The molecule has 1 unspecified atom stereocenters. The van der Waals surface area contributed by atoms with Crippen molar-refractivity contribution < 1.29 is 24.1 Å². The molecule has 3 aromatic heterocycles. The van der Waals surface area contributed by atoms with Crippen molar-refractivity contribution in [1.29, 1.82) is 0 Å². The molecule has 5 nitrogen and oxygen atoms in total. The van der Waals surface area contributed by atoms with Crippen LogP contribution in [-0.4, -0.2) is 18.7 Å². The van der Waals surface area contributed by atoms with Crippen LogP contribution in [0.4, 0.5) is 0 Å². The predicted octanol–water partition coefficient (Wildman–Crippen LogP) is 17.2. The van der Waals surface area contributed by atoms with Crippen molar-refractivity contribution in [3.05, 3.63) is 196 Å². The SMILES string of the molecule is CC(C)(C)c1ccnc(-n2c3ccc(C4CCCCC4)cc3c3ccc(Oc4cccc(-n5[c](=[Pt])n(-c6c(-c7ccccc7)cc7c(c6-c6ccccc6)CC(C(C)(C)C)C7)c6ccccc65)c4)cc32)c1. The van der Waals surface area contributed by atoms with Crippen molar-refractivity contribution in [2.45, 2.75) is 97.8 Å². The summed E-state index contributed by atoms with van der Waals surface area (Å²) < 4.78 is 15.3. The Hall–Kier alpha value is -6.55. The molecule has 0 N–H and O–H groups in total. The third kappa shape index (κ3) is 8.25. The third-order valence-corrected chi connectivity index (χ3v) is 16.7.